The van der Waals surface area contributed by atoms with Gasteiger partial charge in [-0.1, -0.05) is 0 Å². The van der Waals surface area contributed by atoms with E-state index in [4.69, 9.17) is 4.74 Å². The third-order valence-corrected chi connectivity index (χ3v) is 3.04. The van der Waals surface area contributed by atoms with E-state index >= 15 is 0 Å². The van der Waals surface area contributed by atoms with Gasteiger partial charge in [0.2, 0.25) is 0 Å². The zero-order chi connectivity index (χ0) is 15.4. The number of ether oxygens (including phenoxy) is 1. The molecule has 0 radical (unpaired) electrons. The largest absolute Gasteiger partial charge is 0.494 e. The summed E-state index contributed by atoms with van der Waals surface area (Å²) in [5.74, 6) is 0.438. The van der Waals surface area contributed by atoms with Crippen molar-refractivity contribution in [1.29, 1.82) is 0 Å². The normalized spacial score (nSPS) is 10.4. The summed E-state index contributed by atoms with van der Waals surface area (Å²) in [4.78, 5) is 35.4. The van der Waals surface area contributed by atoms with Crippen molar-refractivity contribution in [3.05, 3.63) is 62.9 Å². The first-order chi connectivity index (χ1) is 10.0. The van der Waals surface area contributed by atoms with E-state index in [2.05, 4.69) is 0 Å². The van der Waals surface area contributed by atoms with E-state index in [-0.39, 0.29) is 12.3 Å². The highest BCUT2D eigenvalue weighted by molar-refractivity contribution is 5.95. The number of aromatic nitrogens is 2. The Morgan fingerprint density at radius 1 is 1.10 bits per heavy atom. The van der Waals surface area contributed by atoms with Gasteiger partial charge < -0.3 is 13.9 Å². The molecule has 2 aromatic rings. The van der Waals surface area contributed by atoms with E-state index in [1.165, 1.54) is 24.0 Å². The Labute approximate surface area is 121 Å². The molecular formula is C15H16N2O4. The molecule has 0 aliphatic heterocycles. The molecule has 2 rings (SSSR count). The number of carbonyl (C=O) groups excluding carboxylic acids is 1. The van der Waals surface area contributed by atoms with E-state index < -0.39 is 11.1 Å². The van der Waals surface area contributed by atoms with E-state index in [0.717, 1.165) is 4.57 Å². The van der Waals surface area contributed by atoms with Gasteiger partial charge >= 0.3 is 11.1 Å². The molecule has 0 saturated carbocycles. The van der Waals surface area contributed by atoms with Gasteiger partial charge in [-0.05, 0) is 31.2 Å². The number of rotatable bonds is 5. The second-order valence-corrected chi connectivity index (χ2v) is 4.53. The average molecular weight is 288 g/mol. The van der Waals surface area contributed by atoms with Gasteiger partial charge in [0.1, 0.15) is 5.75 Å². The molecule has 0 saturated heterocycles. The highest BCUT2D eigenvalue weighted by atomic mass is 16.5. The van der Waals surface area contributed by atoms with Crippen molar-refractivity contribution in [3.63, 3.8) is 0 Å². The summed E-state index contributed by atoms with van der Waals surface area (Å²) in [5, 5.41) is 0. The van der Waals surface area contributed by atoms with Crippen LogP contribution in [0.25, 0.3) is 0 Å². The Bertz CT molecular complexity index is 756. The van der Waals surface area contributed by atoms with E-state index in [1.54, 1.807) is 24.3 Å². The molecule has 1 aromatic heterocycles. The molecule has 6 nitrogen and oxygen atoms in total. The molecule has 0 fully saturated rings. The van der Waals surface area contributed by atoms with Crippen LogP contribution in [-0.2, 0) is 13.6 Å². The smallest absolute Gasteiger partial charge is 0.316 e. The first-order valence-electron chi connectivity index (χ1n) is 6.55. The van der Waals surface area contributed by atoms with E-state index in [9.17, 15) is 14.4 Å². The van der Waals surface area contributed by atoms with Crippen LogP contribution in [0.2, 0.25) is 0 Å². The lowest BCUT2D eigenvalue weighted by Crippen LogP contribution is -2.40. The number of Topliss-reactive ketones (excluding diaryl/α,β-unsaturated/α-hetero) is 1. The van der Waals surface area contributed by atoms with Crippen molar-refractivity contribution in [2.75, 3.05) is 6.61 Å². The zero-order valence-corrected chi connectivity index (χ0v) is 11.9. The molecule has 0 spiro atoms. The molecule has 21 heavy (non-hydrogen) atoms. The second kappa shape index (κ2) is 6.21. The summed E-state index contributed by atoms with van der Waals surface area (Å²) in [7, 11) is 1.49. The van der Waals surface area contributed by atoms with Crippen LogP contribution in [0.15, 0.2) is 46.2 Å². The monoisotopic (exact) mass is 288 g/mol. The average Bonchev–Trinajstić information content (AvgIpc) is 2.49. The minimum Gasteiger partial charge on any atom is -0.494 e. The number of hydrogen-bond acceptors (Lipinski definition) is 4. The number of carbonyl (C=O) groups is 1. The molecule has 0 unspecified atom stereocenters. The lowest BCUT2D eigenvalue weighted by Gasteiger charge is -2.07. The van der Waals surface area contributed by atoms with E-state index in [0.29, 0.717) is 17.9 Å². The van der Waals surface area contributed by atoms with Gasteiger partial charge in [0.25, 0.3) is 0 Å². The molecule has 0 bridgehead atoms. The number of benzene rings is 1. The number of nitrogens with zero attached hydrogens (tertiary/aromatic N) is 2. The fourth-order valence-corrected chi connectivity index (χ4v) is 1.86. The highest BCUT2D eigenvalue weighted by Crippen LogP contribution is 2.12. The summed E-state index contributed by atoms with van der Waals surface area (Å²) in [5.41, 5.74) is -0.901. The van der Waals surface area contributed by atoms with Crippen LogP contribution in [-0.4, -0.2) is 21.5 Å². The fourth-order valence-electron chi connectivity index (χ4n) is 1.86. The molecular weight excluding hydrogens is 272 g/mol. The van der Waals surface area contributed by atoms with Crippen molar-refractivity contribution in [3.8, 4) is 5.75 Å². The summed E-state index contributed by atoms with van der Waals surface area (Å²) in [6.07, 6.45) is 2.88. The Kier molecular flexibility index (Phi) is 4.37. The number of hydrogen-bond donors (Lipinski definition) is 0. The third kappa shape index (κ3) is 3.28. The fraction of sp³-hybridized carbons (Fsp3) is 0.267. The third-order valence-electron chi connectivity index (χ3n) is 3.04. The highest BCUT2D eigenvalue weighted by Gasteiger charge is 2.10. The zero-order valence-electron chi connectivity index (χ0n) is 11.9. The number of ketones is 1. The SMILES string of the molecule is CCOc1ccc(C(=O)Cn2ccn(C)c(=O)c2=O)cc1. The standard InChI is InChI=1S/C15H16N2O4/c1-3-21-12-6-4-11(5-7-12)13(18)10-17-9-8-16(2)14(19)15(17)20/h4-9H,3,10H2,1-2H3. The minimum absolute atomic E-state index is 0.164. The molecule has 0 aliphatic carbocycles. The Hall–Kier alpha value is -2.63. The summed E-state index contributed by atoms with van der Waals surface area (Å²) in [6.45, 7) is 2.26. The molecule has 1 aromatic carbocycles. The van der Waals surface area contributed by atoms with Crippen molar-refractivity contribution < 1.29 is 9.53 Å². The molecule has 110 valence electrons. The van der Waals surface area contributed by atoms with Crippen LogP contribution in [0.1, 0.15) is 17.3 Å². The van der Waals surface area contributed by atoms with Crippen LogP contribution in [0.3, 0.4) is 0 Å². The van der Waals surface area contributed by atoms with Crippen molar-refractivity contribution in [2.45, 2.75) is 13.5 Å². The van der Waals surface area contributed by atoms with Gasteiger partial charge in [-0.3, -0.25) is 14.4 Å². The number of aryl methyl sites for hydroxylation is 1. The van der Waals surface area contributed by atoms with Crippen molar-refractivity contribution in [1.82, 2.24) is 9.13 Å². The minimum atomic E-state index is -0.709. The predicted molar refractivity (Wildman–Crippen MR) is 77.9 cm³/mol. The van der Waals surface area contributed by atoms with Gasteiger partial charge in [0.15, 0.2) is 5.78 Å². The summed E-state index contributed by atoms with van der Waals surface area (Å²) >= 11 is 0. The van der Waals surface area contributed by atoms with Gasteiger partial charge in [-0.15, -0.1) is 0 Å². The lowest BCUT2D eigenvalue weighted by atomic mass is 10.1. The Morgan fingerprint density at radius 3 is 2.38 bits per heavy atom. The lowest BCUT2D eigenvalue weighted by molar-refractivity contribution is 0.0970. The topological polar surface area (TPSA) is 70.3 Å². The predicted octanol–water partition coefficient (Wildman–Crippen LogP) is 0.829. The van der Waals surface area contributed by atoms with Crippen LogP contribution in [0, 0.1) is 0 Å². The molecule has 0 N–H and O–H groups in total. The van der Waals surface area contributed by atoms with Gasteiger partial charge in [0.05, 0.1) is 13.2 Å². The molecule has 0 atom stereocenters. The maximum atomic E-state index is 12.1. The van der Waals surface area contributed by atoms with Crippen LogP contribution in [0.4, 0.5) is 0 Å². The summed E-state index contributed by atoms with van der Waals surface area (Å²) < 4.78 is 7.59. The maximum absolute atomic E-state index is 12.1. The molecule has 0 aliphatic rings. The van der Waals surface area contributed by atoms with Gasteiger partial charge in [0, 0.05) is 25.0 Å². The second-order valence-electron chi connectivity index (χ2n) is 4.53. The van der Waals surface area contributed by atoms with Gasteiger partial charge in [-0.25, -0.2) is 0 Å². The summed E-state index contributed by atoms with van der Waals surface area (Å²) in [6, 6.07) is 6.67. The maximum Gasteiger partial charge on any atom is 0.316 e. The quantitative estimate of drug-likeness (QED) is 0.603. The van der Waals surface area contributed by atoms with Crippen molar-refractivity contribution >= 4 is 5.78 Å². The first kappa shape index (κ1) is 14.8. The van der Waals surface area contributed by atoms with Crippen LogP contribution < -0.4 is 15.9 Å². The molecule has 1 heterocycles. The van der Waals surface area contributed by atoms with E-state index in [1.807, 2.05) is 6.92 Å². The molecule has 0 amide bonds. The Balaban J connectivity index is 2.20. The van der Waals surface area contributed by atoms with Gasteiger partial charge in [-0.2, -0.15) is 0 Å². The Morgan fingerprint density at radius 2 is 1.76 bits per heavy atom. The van der Waals surface area contributed by atoms with Crippen LogP contribution >= 0.6 is 0 Å². The van der Waals surface area contributed by atoms with Crippen molar-refractivity contribution in [2.24, 2.45) is 7.05 Å². The first-order valence-corrected chi connectivity index (χ1v) is 6.55. The van der Waals surface area contributed by atoms with Crippen LogP contribution in [0.5, 0.6) is 5.75 Å². The molecule has 6 heteroatoms.